The van der Waals surface area contributed by atoms with Gasteiger partial charge in [0.2, 0.25) is 0 Å². The van der Waals surface area contributed by atoms with Crippen molar-refractivity contribution in [3.05, 3.63) is 81.2 Å². The van der Waals surface area contributed by atoms with Gasteiger partial charge in [-0.15, -0.1) is 0 Å². The molecule has 1 fully saturated rings. The van der Waals surface area contributed by atoms with Gasteiger partial charge in [0.25, 0.3) is 11.7 Å². The molecule has 1 aromatic heterocycles. The van der Waals surface area contributed by atoms with Crippen LogP contribution in [0.2, 0.25) is 10.0 Å². The number of aliphatic hydroxyl groups is 1. The van der Waals surface area contributed by atoms with Gasteiger partial charge in [-0.1, -0.05) is 56.1 Å². The standard InChI is InChI=1S/C27H25Cl2NO6/c1-27(2,3)14-8-10-15(11-9-14)30-21(18-7-6-12-36-18)19(23(32)26(30)33)22(31)16-13-17(28)25(35-5)20(29)24(16)34-4/h6-13,21,31H,1-5H3/b22-19-. The molecule has 1 unspecified atom stereocenters. The molecule has 4 rings (SSSR count). The van der Waals surface area contributed by atoms with Crippen molar-refractivity contribution >= 4 is 46.3 Å². The normalized spacial score (nSPS) is 17.5. The molecule has 9 heteroatoms. The van der Waals surface area contributed by atoms with Crippen molar-refractivity contribution in [2.45, 2.75) is 32.2 Å². The fourth-order valence-electron chi connectivity index (χ4n) is 4.23. The van der Waals surface area contributed by atoms with Crippen LogP contribution in [0.1, 0.15) is 43.7 Å². The summed E-state index contributed by atoms with van der Waals surface area (Å²) in [6.45, 7) is 6.24. The average Bonchev–Trinajstić information content (AvgIpc) is 3.45. The Labute approximate surface area is 218 Å². The van der Waals surface area contributed by atoms with Gasteiger partial charge in [0.15, 0.2) is 11.5 Å². The Morgan fingerprint density at radius 2 is 1.67 bits per heavy atom. The number of hydrogen-bond acceptors (Lipinski definition) is 6. The summed E-state index contributed by atoms with van der Waals surface area (Å²) in [4.78, 5) is 28.0. The number of methoxy groups -OCH3 is 2. The number of carbonyl (C=O) groups is 2. The highest BCUT2D eigenvalue weighted by molar-refractivity contribution is 6.51. The fourth-order valence-corrected chi connectivity index (χ4v) is 4.92. The predicted molar refractivity (Wildman–Crippen MR) is 138 cm³/mol. The Morgan fingerprint density at radius 1 is 1.03 bits per heavy atom. The molecule has 2 heterocycles. The Balaban J connectivity index is 1.94. The molecule has 1 amide bonds. The molecule has 2 aromatic carbocycles. The van der Waals surface area contributed by atoms with Crippen LogP contribution < -0.4 is 14.4 Å². The van der Waals surface area contributed by atoms with Crippen molar-refractivity contribution in [2.24, 2.45) is 0 Å². The van der Waals surface area contributed by atoms with Crippen molar-refractivity contribution in [2.75, 3.05) is 19.1 Å². The van der Waals surface area contributed by atoms with E-state index < -0.39 is 23.5 Å². The molecule has 7 nitrogen and oxygen atoms in total. The Hall–Kier alpha value is -3.42. The van der Waals surface area contributed by atoms with Gasteiger partial charge in [0.1, 0.15) is 22.6 Å². The van der Waals surface area contributed by atoms with Gasteiger partial charge >= 0.3 is 0 Å². The number of halogens is 2. The topological polar surface area (TPSA) is 89.2 Å². The van der Waals surface area contributed by atoms with E-state index in [0.29, 0.717) is 11.4 Å². The maximum atomic E-state index is 13.3. The number of carbonyl (C=O) groups excluding carboxylic acids is 2. The first-order chi connectivity index (χ1) is 17.0. The molecule has 0 spiro atoms. The lowest BCUT2D eigenvalue weighted by Gasteiger charge is -2.25. The molecule has 1 N–H and O–H groups in total. The number of furan rings is 1. The predicted octanol–water partition coefficient (Wildman–Crippen LogP) is 6.53. The van der Waals surface area contributed by atoms with Crippen molar-refractivity contribution in [1.29, 1.82) is 0 Å². The van der Waals surface area contributed by atoms with Crippen LogP contribution in [-0.2, 0) is 15.0 Å². The van der Waals surface area contributed by atoms with E-state index in [9.17, 15) is 14.7 Å². The maximum Gasteiger partial charge on any atom is 0.300 e. The molecule has 3 aromatic rings. The first kappa shape index (κ1) is 25.7. The Morgan fingerprint density at radius 3 is 2.19 bits per heavy atom. The zero-order valence-corrected chi connectivity index (χ0v) is 21.9. The number of Topliss-reactive ketones (excluding diaryl/α,β-unsaturated/α-hetero) is 1. The number of hydrogen-bond donors (Lipinski definition) is 1. The number of aliphatic hydroxyl groups excluding tert-OH is 1. The van der Waals surface area contributed by atoms with Crippen molar-refractivity contribution in [3.63, 3.8) is 0 Å². The van der Waals surface area contributed by atoms with Gasteiger partial charge in [-0.2, -0.15) is 0 Å². The molecule has 188 valence electrons. The smallest absolute Gasteiger partial charge is 0.300 e. The molecular weight excluding hydrogens is 505 g/mol. The second-order valence-electron chi connectivity index (χ2n) is 9.27. The fraction of sp³-hybridized carbons (Fsp3) is 0.259. The lowest BCUT2D eigenvalue weighted by Crippen LogP contribution is -2.29. The van der Waals surface area contributed by atoms with Crippen LogP contribution in [0.25, 0.3) is 5.76 Å². The summed E-state index contributed by atoms with van der Waals surface area (Å²) in [5, 5.41) is 11.5. The third kappa shape index (κ3) is 4.22. The zero-order chi connectivity index (χ0) is 26.4. The summed E-state index contributed by atoms with van der Waals surface area (Å²) in [6.07, 6.45) is 1.43. The summed E-state index contributed by atoms with van der Waals surface area (Å²) in [7, 11) is 2.74. The quantitative estimate of drug-likeness (QED) is 0.229. The number of benzene rings is 2. The number of nitrogens with zero attached hydrogens (tertiary/aromatic N) is 1. The van der Waals surface area contributed by atoms with E-state index in [1.807, 2.05) is 12.1 Å². The van der Waals surface area contributed by atoms with Crippen LogP contribution >= 0.6 is 23.2 Å². The molecule has 0 bridgehead atoms. The molecular formula is C27H25Cl2NO6. The Bertz CT molecular complexity index is 1350. The van der Waals surface area contributed by atoms with Gasteiger partial charge in [-0.05, 0) is 41.3 Å². The monoisotopic (exact) mass is 529 g/mol. The van der Waals surface area contributed by atoms with E-state index in [0.717, 1.165) is 5.56 Å². The number of anilines is 1. The van der Waals surface area contributed by atoms with Crippen LogP contribution in [0, 0.1) is 0 Å². The lowest BCUT2D eigenvalue weighted by molar-refractivity contribution is -0.132. The molecule has 0 radical (unpaired) electrons. The first-order valence-corrected chi connectivity index (χ1v) is 11.8. The third-order valence-corrected chi connectivity index (χ3v) is 6.69. The summed E-state index contributed by atoms with van der Waals surface area (Å²) < 4.78 is 16.2. The average molecular weight is 530 g/mol. The van der Waals surface area contributed by atoms with E-state index >= 15 is 0 Å². The summed E-state index contributed by atoms with van der Waals surface area (Å²) in [5.41, 5.74) is 1.28. The molecule has 0 aliphatic carbocycles. The van der Waals surface area contributed by atoms with Crippen molar-refractivity contribution in [3.8, 4) is 11.5 Å². The van der Waals surface area contributed by atoms with E-state index in [1.165, 1.54) is 31.4 Å². The van der Waals surface area contributed by atoms with E-state index in [4.69, 9.17) is 37.1 Å². The summed E-state index contributed by atoms with van der Waals surface area (Å²) in [6, 6.07) is 10.9. The molecule has 0 saturated carbocycles. The van der Waals surface area contributed by atoms with Crippen LogP contribution in [0.5, 0.6) is 11.5 Å². The highest BCUT2D eigenvalue weighted by Crippen LogP contribution is 2.48. The van der Waals surface area contributed by atoms with Gasteiger partial charge in [-0.3, -0.25) is 14.5 Å². The minimum Gasteiger partial charge on any atom is -0.507 e. The summed E-state index contributed by atoms with van der Waals surface area (Å²) in [5.74, 6) is -1.74. The molecule has 1 aliphatic heterocycles. The van der Waals surface area contributed by atoms with Crippen molar-refractivity contribution < 1.29 is 28.6 Å². The highest BCUT2D eigenvalue weighted by Gasteiger charge is 2.48. The van der Waals surface area contributed by atoms with Gasteiger partial charge in [0, 0.05) is 5.69 Å². The minimum atomic E-state index is -1.04. The zero-order valence-electron chi connectivity index (χ0n) is 20.4. The largest absolute Gasteiger partial charge is 0.507 e. The SMILES string of the molecule is COc1c(Cl)cc(/C(O)=C2/C(=O)C(=O)N(c3ccc(C(C)(C)C)cc3)C2c2ccco2)c(OC)c1Cl. The number of amides is 1. The van der Waals surface area contributed by atoms with Gasteiger partial charge < -0.3 is 19.0 Å². The lowest BCUT2D eigenvalue weighted by atomic mass is 9.87. The number of ketones is 1. The Kier molecular flexibility index (Phi) is 6.82. The minimum absolute atomic E-state index is 0.00981. The first-order valence-electron chi connectivity index (χ1n) is 11.1. The molecule has 1 saturated heterocycles. The van der Waals surface area contributed by atoms with Crippen LogP contribution in [-0.4, -0.2) is 31.0 Å². The molecule has 1 atom stereocenters. The summed E-state index contributed by atoms with van der Waals surface area (Å²) >= 11 is 12.7. The van der Waals surface area contributed by atoms with Gasteiger partial charge in [0.05, 0.1) is 36.6 Å². The number of ether oxygens (including phenoxy) is 2. The van der Waals surface area contributed by atoms with E-state index in [-0.39, 0.29) is 38.1 Å². The van der Waals surface area contributed by atoms with E-state index in [2.05, 4.69) is 20.8 Å². The van der Waals surface area contributed by atoms with Crippen LogP contribution in [0.4, 0.5) is 5.69 Å². The third-order valence-electron chi connectivity index (χ3n) is 6.06. The van der Waals surface area contributed by atoms with Gasteiger partial charge in [-0.25, -0.2) is 0 Å². The molecule has 36 heavy (non-hydrogen) atoms. The van der Waals surface area contributed by atoms with Crippen LogP contribution in [0.15, 0.2) is 58.7 Å². The van der Waals surface area contributed by atoms with Crippen LogP contribution in [0.3, 0.4) is 0 Å². The second kappa shape index (κ2) is 9.56. The second-order valence-corrected chi connectivity index (χ2v) is 10.1. The molecule has 1 aliphatic rings. The number of rotatable bonds is 5. The maximum absolute atomic E-state index is 13.3. The highest BCUT2D eigenvalue weighted by atomic mass is 35.5. The van der Waals surface area contributed by atoms with E-state index in [1.54, 1.807) is 24.3 Å². The van der Waals surface area contributed by atoms with Crippen molar-refractivity contribution in [1.82, 2.24) is 0 Å².